The van der Waals surface area contributed by atoms with Gasteiger partial charge in [0.25, 0.3) is 0 Å². The number of hydrogen-bond acceptors (Lipinski definition) is 1. The van der Waals surface area contributed by atoms with Gasteiger partial charge in [-0.3, -0.25) is 4.68 Å². The third-order valence-corrected chi connectivity index (χ3v) is 2.71. The van der Waals surface area contributed by atoms with Gasteiger partial charge in [-0.2, -0.15) is 5.10 Å². The van der Waals surface area contributed by atoms with Crippen LogP contribution in [0.25, 0.3) is 0 Å². The molecule has 1 heterocycles. The van der Waals surface area contributed by atoms with Gasteiger partial charge in [0.2, 0.25) is 0 Å². The molecule has 2 rings (SSSR count). The van der Waals surface area contributed by atoms with E-state index in [9.17, 15) is 4.39 Å². The molecule has 96 valence electrons. The van der Waals surface area contributed by atoms with E-state index in [1.807, 2.05) is 18.5 Å². The van der Waals surface area contributed by atoms with Gasteiger partial charge in [-0.05, 0) is 23.5 Å². The first-order chi connectivity index (χ1) is 8.44. The van der Waals surface area contributed by atoms with Crippen molar-refractivity contribution in [1.82, 2.24) is 9.78 Å². The molecule has 0 atom stereocenters. The van der Waals surface area contributed by atoms with Crippen molar-refractivity contribution in [2.24, 2.45) is 5.41 Å². The molecular formula is C15H19FN2. The van der Waals surface area contributed by atoms with Crippen LogP contribution in [0.1, 0.15) is 31.9 Å². The summed E-state index contributed by atoms with van der Waals surface area (Å²) in [6.45, 7) is 7.07. The maximum absolute atomic E-state index is 13.5. The molecule has 2 aromatic rings. The summed E-state index contributed by atoms with van der Waals surface area (Å²) in [4.78, 5) is 0. The van der Waals surface area contributed by atoms with Gasteiger partial charge in [0.15, 0.2) is 0 Å². The van der Waals surface area contributed by atoms with Crippen LogP contribution in [0.4, 0.5) is 4.39 Å². The van der Waals surface area contributed by atoms with Gasteiger partial charge in [-0.1, -0.05) is 39.0 Å². The molecule has 0 saturated carbocycles. The number of nitrogens with zero attached hydrogens (tertiary/aromatic N) is 2. The number of hydrogen-bond donors (Lipinski definition) is 0. The normalized spacial score (nSPS) is 11.8. The minimum atomic E-state index is -0.176. The van der Waals surface area contributed by atoms with Gasteiger partial charge in [0.1, 0.15) is 5.82 Å². The number of rotatable bonds is 3. The lowest BCUT2D eigenvalue weighted by Gasteiger charge is -2.16. The zero-order valence-corrected chi connectivity index (χ0v) is 11.2. The maximum atomic E-state index is 13.5. The highest BCUT2D eigenvalue weighted by atomic mass is 19.1. The monoisotopic (exact) mass is 246 g/mol. The second-order valence-corrected chi connectivity index (χ2v) is 5.88. The molecule has 0 N–H and O–H groups in total. The SMILES string of the molecule is CC(C)(C)Cc1cnn(Cc2ccccc2F)c1. The largest absolute Gasteiger partial charge is 0.268 e. The lowest BCUT2D eigenvalue weighted by molar-refractivity contribution is 0.411. The Balaban J connectivity index is 2.10. The minimum absolute atomic E-state index is 0.176. The van der Waals surface area contributed by atoms with Gasteiger partial charge in [0, 0.05) is 11.8 Å². The van der Waals surface area contributed by atoms with Gasteiger partial charge in [0.05, 0.1) is 12.7 Å². The highest BCUT2D eigenvalue weighted by Crippen LogP contribution is 2.20. The van der Waals surface area contributed by atoms with Crippen LogP contribution in [0.5, 0.6) is 0 Å². The van der Waals surface area contributed by atoms with Crippen LogP contribution >= 0.6 is 0 Å². The molecule has 1 aromatic heterocycles. The van der Waals surface area contributed by atoms with Crippen molar-refractivity contribution < 1.29 is 4.39 Å². The number of aromatic nitrogens is 2. The minimum Gasteiger partial charge on any atom is -0.268 e. The van der Waals surface area contributed by atoms with Gasteiger partial charge in [-0.15, -0.1) is 0 Å². The van der Waals surface area contributed by atoms with Crippen LogP contribution in [0.15, 0.2) is 36.7 Å². The average Bonchev–Trinajstić information content (AvgIpc) is 2.66. The Labute approximate surface area is 107 Å². The fourth-order valence-corrected chi connectivity index (χ4v) is 2.00. The first-order valence-electron chi connectivity index (χ1n) is 6.19. The van der Waals surface area contributed by atoms with Crippen molar-refractivity contribution in [3.8, 4) is 0 Å². The Morgan fingerprint density at radius 3 is 2.61 bits per heavy atom. The van der Waals surface area contributed by atoms with Crippen LogP contribution < -0.4 is 0 Å². The Hall–Kier alpha value is -1.64. The molecule has 0 spiro atoms. The summed E-state index contributed by atoms with van der Waals surface area (Å²) in [5, 5.41) is 4.29. The van der Waals surface area contributed by atoms with E-state index >= 15 is 0 Å². The molecule has 0 aliphatic rings. The number of benzene rings is 1. The Morgan fingerprint density at radius 2 is 1.94 bits per heavy atom. The van der Waals surface area contributed by atoms with Crippen molar-refractivity contribution >= 4 is 0 Å². The lowest BCUT2D eigenvalue weighted by atomic mass is 9.89. The Morgan fingerprint density at radius 1 is 1.22 bits per heavy atom. The molecule has 0 bridgehead atoms. The predicted molar refractivity (Wildman–Crippen MR) is 70.9 cm³/mol. The quantitative estimate of drug-likeness (QED) is 0.808. The molecule has 0 unspecified atom stereocenters. The summed E-state index contributed by atoms with van der Waals surface area (Å²) < 4.78 is 15.3. The van der Waals surface area contributed by atoms with Crippen LogP contribution in [-0.4, -0.2) is 9.78 Å². The third kappa shape index (κ3) is 3.42. The van der Waals surface area contributed by atoms with E-state index < -0.39 is 0 Å². The average molecular weight is 246 g/mol. The second-order valence-electron chi connectivity index (χ2n) is 5.88. The first kappa shape index (κ1) is 12.8. The second kappa shape index (κ2) is 4.92. The van der Waals surface area contributed by atoms with Gasteiger partial charge in [-0.25, -0.2) is 4.39 Å². The van der Waals surface area contributed by atoms with E-state index in [1.165, 1.54) is 11.6 Å². The summed E-state index contributed by atoms with van der Waals surface area (Å²) in [6, 6.07) is 6.82. The highest BCUT2D eigenvalue weighted by molar-refractivity contribution is 5.18. The van der Waals surface area contributed by atoms with Crippen LogP contribution in [0.3, 0.4) is 0 Å². The topological polar surface area (TPSA) is 17.8 Å². The molecule has 0 radical (unpaired) electrons. The zero-order valence-electron chi connectivity index (χ0n) is 11.2. The molecule has 1 aromatic carbocycles. The van der Waals surface area contributed by atoms with Crippen LogP contribution in [0, 0.1) is 11.2 Å². The standard InChI is InChI=1S/C15H19FN2/c1-15(2,3)8-12-9-17-18(10-12)11-13-6-4-5-7-14(13)16/h4-7,9-10H,8,11H2,1-3H3. The van der Waals surface area contributed by atoms with Gasteiger partial charge < -0.3 is 0 Å². The smallest absolute Gasteiger partial charge is 0.128 e. The molecule has 0 saturated heterocycles. The van der Waals surface area contributed by atoms with Crippen molar-refractivity contribution in [2.75, 3.05) is 0 Å². The summed E-state index contributed by atoms with van der Waals surface area (Å²) in [6.07, 6.45) is 4.84. The zero-order chi connectivity index (χ0) is 13.2. The van der Waals surface area contributed by atoms with E-state index in [1.54, 1.807) is 16.8 Å². The molecule has 3 heteroatoms. The molecule has 0 aliphatic heterocycles. The summed E-state index contributed by atoms with van der Waals surface area (Å²) >= 11 is 0. The Kier molecular flexibility index (Phi) is 3.50. The van der Waals surface area contributed by atoms with E-state index in [4.69, 9.17) is 0 Å². The molecule has 0 amide bonds. The van der Waals surface area contributed by atoms with E-state index in [0.717, 1.165) is 6.42 Å². The third-order valence-electron chi connectivity index (χ3n) is 2.71. The fourth-order valence-electron chi connectivity index (χ4n) is 2.00. The van der Waals surface area contributed by atoms with Gasteiger partial charge >= 0.3 is 0 Å². The molecule has 0 aliphatic carbocycles. The van der Waals surface area contributed by atoms with E-state index in [0.29, 0.717) is 12.1 Å². The van der Waals surface area contributed by atoms with Crippen molar-refractivity contribution in [3.05, 3.63) is 53.6 Å². The highest BCUT2D eigenvalue weighted by Gasteiger charge is 2.12. The Bertz CT molecular complexity index is 523. The van der Waals surface area contributed by atoms with Crippen molar-refractivity contribution in [1.29, 1.82) is 0 Å². The summed E-state index contributed by atoms with van der Waals surface area (Å²) in [5.41, 5.74) is 2.10. The fraction of sp³-hybridized carbons (Fsp3) is 0.400. The van der Waals surface area contributed by atoms with Crippen LogP contribution in [0.2, 0.25) is 0 Å². The van der Waals surface area contributed by atoms with Crippen molar-refractivity contribution in [2.45, 2.75) is 33.7 Å². The van der Waals surface area contributed by atoms with Crippen molar-refractivity contribution in [3.63, 3.8) is 0 Å². The van der Waals surface area contributed by atoms with E-state index in [-0.39, 0.29) is 11.2 Å². The molecule has 2 nitrogen and oxygen atoms in total. The number of halogens is 1. The predicted octanol–water partition coefficient (Wildman–Crippen LogP) is 3.66. The molecule has 18 heavy (non-hydrogen) atoms. The summed E-state index contributed by atoms with van der Waals surface area (Å²) in [7, 11) is 0. The molecular weight excluding hydrogens is 227 g/mol. The molecule has 0 fully saturated rings. The van der Waals surface area contributed by atoms with Crippen LogP contribution in [-0.2, 0) is 13.0 Å². The first-order valence-corrected chi connectivity index (χ1v) is 6.19. The maximum Gasteiger partial charge on any atom is 0.128 e. The summed E-state index contributed by atoms with van der Waals surface area (Å²) in [5.74, 6) is -0.176. The van der Waals surface area contributed by atoms with E-state index in [2.05, 4.69) is 25.9 Å². The lowest BCUT2D eigenvalue weighted by Crippen LogP contribution is -2.08.